The van der Waals surface area contributed by atoms with E-state index >= 15 is 0 Å². The van der Waals surface area contributed by atoms with Crippen molar-refractivity contribution in [2.75, 3.05) is 49.5 Å². The summed E-state index contributed by atoms with van der Waals surface area (Å²) in [5, 5.41) is 7.98. The molecule has 3 amide bonds. The number of benzene rings is 1. The van der Waals surface area contributed by atoms with E-state index in [4.69, 9.17) is 11.6 Å². The van der Waals surface area contributed by atoms with Gasteiger partial charge in [-0.15, -0.1) is 5.10 Å². The highest BCUT2D eigenvalue weighted by atomic mass is 35.5. The summed E-state index contributed by atoms with van der Waals surface area (Å²) >= 11 is 7.13. The number of rotatable bonds is 3. The molecule has 37 heavy (non-hydrogen) atoms. The number of piperazine rings is 1. The molecular formula is C25H26ClN7O3S. The van der Waals surface area contributed by atoms with Gasteiger partial charge in [0.15, 0.2) is 10.7 Å². The molecule has 2 bridgehead atoms. The van der Waals surface area contributed by atoms with Gasteiger partial charge in [-0.1, -0.05) is 28.2 Å². The summed E-state index contributed by atoms with van der Waals surface area (Å²) in [6, 6.07) is 12.7. The third-order valence-corrected chi connectivity index (χ3v) is 8.29. The van der Waals surface area contributed by atoms with Gasteiger partial charge in [-0.05, 0) is 36.6 Å². The highest BCUT2D eigenvalue weighted by molar-refractivity contribution is 7.10. The van der Waals surface area contributed by atoms with Crippen LogP contribution in [-0.4, -0.2) is 75.2 Å². The summed E-state index contributed by atoms with van der Waals surface area (Å²) in [7, 11) is 0. The van der Waals surface area contributed by atoms with Crippen LogP contribution in [0.3, 0.4) is 0 Å². The molecule has 0 aliphatic carbocycles. The number of hydrogen-bond donors (Lipinski definition) is 1. The molecule has 2 saturated heterocycles. The Kier molecular flexibility index (Phi) is 6.33. The average Bonchev–Trinajstić information content (AvgIpc) is 3.37. The predicted molar refractivity (Wildman–Crippen MR) is 142 cm³/mol. The number of pyridine rings is 1. The fraction of sp³-hybridized carbons (Fsp3) is 0.400. The SMILES string of the molecule is O=C(Nc1snnc1C(=O)N1CCN(c2cccc(Cl)c2)CC1)N1CC2CC(C1)c1cccc(=O)n1C2. The number of halogens is 1. The molecule has 0 saturated carbocycles. The van der Waals surface area contributed by atoms with E-state index in [1.807, 2.05) is 34.9 Å². The summed E-state index contributed by atoms with van der Waals surface area (Å²) < 4.78 is 5.79. The molecule has 192 valence electrons. The number of piperidine rings is 1. The molecule has 1 aromatic carbocycles. The molecule has 2 unspecified atom stereocenters. The van der Waals surface area contributed by atoms with E-state index in [1.54, 1.807) is 21.9 Å². The summed E-state index contributed by atoms with van der Waals surface area (Å²) in [6.07, 6.45) is 0.959. The molecule has 10 nitrogen and oxygen atoms in total. The van der Waals surface area contributed by atoms with Gasteiger partial charge in [0.2, 0.25) is 0 Å². The van der Waals surface area contributed by atoms with Gasteiger partial charge in [0.25, 0.3) is 11.5 Å². The zero-order valence-electron chi connectivity index (χ0n) is 20.0. The number of carbonyl (C=O) groups is 2. The smallest absolute Gasteiger partial charge is 0.322 e. The van der Waals surface area contributed by atoms with E-state index in [-0.39, 0.29) is 35.0 Å². The normalized spacial score (nSPS) is 20.9. The number of urea groups is 1. The Balaban J connectivity index is 1.10. The van der Waals surface area contributed by atoms with E-state index in [0.717, 1.165) is 29.3 Å². The summed E-state index contributed by atoms with van der Waals surface area (Å²) in [5.41, 5.74) is 2.19. The number of amides is 3. The number of aromatic nitrogens is 3. The van der Waals surface area contributed by atoms with Gasteiger partial charge >= 0.3 is 6.03 Å². The first-order valence-electron chi connectivity index (χ1n) is 12.3. The molecule has 6 rings (SSSR count). The van der Waals surface area contributed by atoms with Gasteiger partial charge in [0.05, 0.1) is 0 Å². The maximum Gasteiger partial charge on any atom is 0.322 e. The van der Waals surface area contributed by atoms with Crippen molar-refractivity contribution in [3.05, 3.63) is 69.2 Å². The summed E-state index contributed by atoms with van der Waals surface area (Å²) in [4.78, 5) is 44.4. The fourth-order valence-corrected chi connectivity index (χ4v) is 6.38. The van der Waals surface area contributed by atoms with Gasteiger partial charge in [-0.25, -0.2) is 4.79 Å². The fourth-order valence-electron chi connectivity index (χ4n) is 5.64. The Morgan fingerprint density at radius 2 is 1.81 bits per heavy atom. The number of anilines is 2. The zero-order chi connectivity index (χ0) is 25.5. The first kappa shape index (κ1) is 23.9. The second-order valence-electron chi connectivity index (χ2n) is 9.74. The van der Waals surface area contributed by atoms with Crippen LogP contribution in [0.1, 0.15) is 28.5 Å². The van der Waals surface area contributed by atoms with Gasteiger partial charge in [0.1, 0.15) is 0 Å². The molecular weight excluding hydrogens is 514 g/mol. The standard InChI is InChI=1S/C25H26ClN7O3S/c26-18-3-1-4-19(12-18)30-7-9-31(10-8-30)24(35)22-23(37-29-28-22)27-25(36)32-13-16-11-17(15-32)20-5-2-6-21(34)33(20)14-16/h1-6,12,16-17H,7-11,13-15H2,(H,27,36). The van der Waals surface area contributed by atoms with Crippen molar-refractivity contribution in [2.45, 2.75) is 18.9 Å². The van der Waals surface area contributed by atoms with E-state index in [2.05, 4.69) is 19.8 Å². The average molecular weight is 540 g/mol. The number of likely N-dealkylation sites (tertiary alicyclic amines) is 1. The lowest BCUT2D eigenvalue weighted by Crippen LogP contribution is -2.50. The van der Waals surface area contributed by atoms with Crippen LogP contribution < -0.4 is 15.8 Å². The number of nitrogens with zero attached hydrogens (tertiary/aromatic N) is 6. The van der Waals surface area contributed by atoms with Crippen molar-refractivity contribution >= 4 is 45.8 Å². The zero-order valence-corrected chi connectivity index (χ0v) is 21.6. The molecule has 1 N–H and O–H groups in total. The molecule has 3 aliphatic rings. The van der Waals surface area contributed by atoms with Crippen molar-refractivity contribution < 1.29 is 9.59 Å². The molecule has 12 heteroatoms. The summed E-state index contributed by atoms with van der Waals surface area (Å²) in [6.45, 7) is 4.10. The molecule has 5 heterocycles. The second kappa shape index (κ2) is 9.79. The Bertz CT molecular complexity index is 1400. The molecule has 2 fully saturated rings. The first-order chi connectivity index (χ1) is 18.0. The molecule has 2 atom stereocenters. The van der Waals surface area contributed by atoms with E-state index < -0.39 is 0 Å². The predicted octanol–water partition coefficient (Wildman–Crippen LogP) is 2.97. The lowest BCUT2D eigenvalue weighted by Gasteiger charge is -2.42. The largest absolute Gasteiger partial charge is 0.368 e. The number of carbonyl (C=O) groups excluding carboxylic acids is 2. The third kappa shape index (κ3) is 4.69. The highest BCUT2D eigenvalue weighted by Crippen LogP contribution is 2.35. The first-order valence-corrected chi connectivity index (χ1v) is 13.5. The molecule has 3 aliphatic heterocycles. The number of hydrogen-bond acceptors (Lipinski definition) is 7. The number of nitrogens with one attached hydrogen (secondary N) is 1. The maximum absolute atomic E-state index is 13.3. The minimum Gasteiger partial charge on any atom is -0.368 e. The highest BCUT2D eigenvalue weighted by Gasteiger charge is 2.37. The van der Waals surface area contributed by atoms with Crippen LogP contribution in [0.5, 0.6) is 0 Å². The van der Waals surface area contributed by atoms with E-state index in [0.29, 0.717) is 55.8 Å². The summed E-state index contributed by atoms with van der Waals surface area (Å²) in [5.74, 6) is 0.0934. The molecule has 2 aromatic heterocycles. The quantitative estimate of drug-likeness (QED) is 0.549. The monoisotopic (exact) mass is 539 g/mol. The third-order valence-electron chi connectivity index (χ3n) is 7.42. The molecule has 3 aromatic rings. The Hall–Kier alpha value is -3.44. The lowest BCUT2D eigenvalue weighted by atomic mass is 9.83. The number of fused-ring (bicyclic) bond motifs is 4. The molecule has 0 radical (unpaired) electrons. The van der Waals surface area contributed by atoms with Gasteiger partial charge in [-0.2, -0.15) is 0 Å². The van der Waals surface area contributed by atoms with Gasteiger partial charge in [-0.3, -0.25) is 14.9 Å². The maximum atomic E-state index is 13.3. The van der Waals surface area contributed by atoms with Crippen molar-refractivity contribution in [1.29, 1.82) is 0 Å². The van der Waals surface area contributed by atoms with Crippen LogP contribution in [0.2, 0.25) is 5.02 Å². The van der Waals surface area contributed by atoms with E-state index in [1.165, 1.54) is 0 Å². The lowest BCUT2D eigenvalue weighted by molar-refractivity contribution is 0.0742. The van der Waals surface area contributed by atoms with E-state index in [9.17, 15) is 14.4 Å². The van der Waals surface area contributed by atoms with Crippen molar-refractivity contribution in [3.63, 3.8) is 0 Å². The van der Waals surface area contributed by atoms with Crippen molar-refractivity contribution in [1.82, 2.24) is 24.0 Å². The van der Waals surface area contributed by atoms with Crippen LogP contribution in [-0.2, 0) is 6.54 Å². The van der Waals surface area contributed by atoms with Crippen LogP contribution in [0.15, 0.2) is 47.3 Å². The molecule has 0 spiro atoms. The van der Waals surface area contributed by atoms with Gasteiger partial charge in [0, 0.05) is 85.7 Å². The van der Waals surface area contributed by atoms with Crippen LogP contribution >= 0.6 is 23.1 Å². The topological polar surface area (TPSA) is 104 Å². The van der Waals surface area contributed by atoms with Crippen LogP contribution in [0, 0.1) is 5.92 Å². The minimum atomic E-state index is -0.271. The second-order valence-corrected chi connectivity index (χ2v) is 10.9. The van der Waals surface area contributed by atoms with Crippen molar-refractivity contribution in [2.24, 2.45) is 5.92 Å². The van der Waals surface area contributed by atoms with Gasteiger partial charge < -0.3 is 19.3 Å². The Labute approximate surface area is 222 Å². The van der Waals surface area contributed by atoms with Crippen LogP contribution in [0.4, 0.5) is 15.5 Å². The Morgan fingerprint density at radius 3 is 2.62 bits per heavy atom. The minimum absolute atomic E-state index is 0.0115. The van der Waals surface area contributed by atoms with Crippen molar-refractivity contribution in [3.8, 4) is 0 Å². The Morgan fingerprint density at radius 1 is 1.00 bits per heavy atom. The van der Waals surface area contributed by atoms with Crippen LogP contribution in [0.25, 0.3) is 0 Å².